The van der Waals surface area contributed by atoms with E-state index in [0.717, 1.165) is 24.3 Å². The van der Waals surface area contributed by atoms with E-state index < -0.39 is 6.10 Å². The first-order chi connectivity index (χ1) is 11.0. The zero-order valence-corrected chi connectivity index (χ0v) is 14.4. The highest BCUT2D eigenvalue weighted by molar-refractivity contribution is 5.27. The minimum Gasteiger partial charge on any atom is -0.491 e. The summed E-state index contributed by atoms with van der Waals surface area (Å²) in [5.74, 6) is 1.40. The highest BCUT2D eigenvalue weighted by Crippen LogP contribution is 2.51. The Hall–Kier alpha value is -1.10. The number of hydrogen-bond donors (Lipinski definition) is 2. The Kier molecular flexibility index (Phi) is 4.95. The molecule has 0 aromatic heterocycles. The van der Waals surface area contributed by atoms with Crippen molar-refractivity contribution < 1.29 is 14.6 Å². The van der Waals surface area contributed by atoms with Crippen molar-refractivity contribution in [3.63, 3.8) is 0 Å². The quantitative estimate of drug-likeness (QED) is 0.846. The second kappa shape index (κ2) is 6.80. The van der Waals surface area contributed by atoms with Crippen LogP contribution in [0.25, 0.3) is 0 Å². The SMILES string of the molecule is Cc1cccc(OCC(O)CNC2C3CCCOC3C2(C)C)c1. The molecule has 2 aliphatic rings. The van der Waals surface area contributed by atoms with Crippen molar-refractivity contribution >= 4 is 0 Å². The molecule has 4 atom stereocenters. The van der Waals surface area contributed by atoms with Gasteiger partial charge in [-0.25, -0.2) is 0 Å². The molecule has 23 heavy (non-hydrogen) atoms. The summed E-state index contributed by atoms with van der Waals surface area (Å²) in [6.45, 7) is 8.31. The van der Waals surface area contributed by atoms with E-state index in [-0.39, 0.29) is 5.41 Å². The molecule has 1 heterocycles. The fraction of sp³-hybridized carbons (Fsp3) is 0.684. The second-order valence-corrected chi connectivity index (χ2v) is 7.59. The summed E-state index contributed by atoms with van der Waals surface area (Å²) in [6.07, 6.45) is 2.24. The van der Waals surface area contributed by atoms with Crippen LogP contribution in [0.15, 0.2) is 24.3 Å². The molecule has 2 fully saturated rings. The fourth-order valence-electron chi connectivity index (χ4n) is 4.16. The zero-order chi connectivity index (χ0) is 16.4. The highest BCUT2D eigenvalue weighted by Gasteiger charge is 2.57. The van der Waals surface area contributed by atoms with E-state index in [4.69, 9.17) is 9.47 Å². The Morgan fingerprint density at radius 2 is 2.26 bits per heavy atom. The fourth-order valence-corrected chi connectivity index (χ4v) is 4.16. The van der Waals surface area contributed by atoms with Crippen LogP contribution in [0.5, 0.6) is 5.75 Å². The standard InChI is InChI=1S/C19H29NO3/c1-13-6-4-7-15(10-13)23-12-14(21)11-20-17-16-8-5-9-22-18(16)19(17,2)3/h4,6-7,10,14,16-18,20-21H,5,8-9,11-12H2,1-3H3. The van der Waals surface area contributed by atoms with Gasteiger partial charge in [0.15, 0.2) is 0 Å². The van der Waals surface area contributed by atoms with Crippen molar-refractivity contribution in [1.82, 2.24) is 5.32 Å². The molecular formula is C19H29NO3. The van der Waals surface area contributed by atoms with Gasteiger partial charge in [0, 0.05) is 30.5 Å². The van der Waals surface area contributed by atoms with Gasteiger partial charge in [0.1, 0.15) is 18.5 Å². The van der Waals surface area contributed by atoms with Gasteiger partial charge >= 0.3 is 0 Å². The van der Waals surface area contributed by atoms with E-state index >= 15 is 0 Å². The summed E-state index contributed by atoms with van der Waals surface area (Å²) in [5.41, 5.74) is 1.30. The summed E-state index contributed by atoms with van der Waals surface area (Å²) < 4.78 is 11.6. The van der Waals surface area contributed by atoms with Gasteiger partial charge in [0.05, 0.1) is 6.10 Å². The first kappa shape index (κ1) is 16.7. The number of aryl methyl sites for hydroxylation is 1. The number of aliphatic hydroxyl groups excluding tert-OH is 1. The molecule has 4 heteroatoms. The lowest BCUT2D eigenvalue weighted by molar-refractivity contribution is -0.193. The van der Waals surface area contributed by atoms with E-state index in [1.807, 2.05) is 31.2 Å². The molecule has 1 saturated carbocycles. The molecule has 0 amide bonds. The number of fused-ring (bicyclic) bond motifs is 1. The van der Waals surface area contributed by atoms with E-state index in [0.29, 0.717) is 31.2 Å². The van der Waals surface area contributed by atoms with Crippen LogP contribution in [-0.4, -0.2) is 43.1 Å². The third-order valence-electron chi connectivity index (χ3n) is 5.34. The third-order valence-corrected chi connectivity index (χ3v) is 5.34. The maximum atomic E-state index is 10.2. The van der Waals surface area contributed by atoms with Gasteiger partial charge in [-0.2, -0.15) is 0 Å². The molecule has 0 spiro atoms. The molecule has 4 nitrogen and oxygen atoms in total. The maximum absolute atomic E-state index is 10.2. The van der Waals surface area contributed by atoms with Gasteiger partial charge < -0.3 is 19.9 Å². The Bertz CT molecular complexity index is 531. The van der Waals surface area contributed by atoms with Crippen LogP contribution >= 0.6 is 0 Å². The topological polar surface area (TPSA) is 50.7 Å². The van der Waals surface area contributed by atoms with Crippen LogP contribution < -0.4 is 10.1 Å². The maximum Gasteiger partial charge on any atom is 0.119 e. The average Bonchev–Trinajstić information content (AvgIpc) is 2.53. The summed E-state index contributed by atoms with van der Waals surface area (Å²) in [5, 5.41) is 13.7. The van der Waals surface area contributed by atoms with Crippen molar-refractivity contribution in [2.45, 2.75) is 51.9 Å². The van der Waals surface area contributed by atoms with Crippen LogP contribution in [0.4, 0.5) is 0 Å². The minimum atomic E-state index is -0.505. The van der Waals surface area contributed by atoms with Crippen LogP contribution in [0.2, 0.25) is 0 Å². The Balaban J connectivity index is 1.44. The molecule has 1 aliphatic heterocycles. The number of hydrogen-bond acceptors (Lipinski definition) is 4. The first-order valence-corrected chi connectivity index (χ1v) is 8.71. The smallest absolute Gasteiger partial charge is 0.119 e. The van der Waals surface area contributed by atoms with Crippen LogP contribution in [0, 0.1) is 18.3 Å². The number of nitrogens with one attached hydrogen (secondary N) is 1. The molecule has 0 bridgehead atoms. The summed E-state index contributed by atoms with van der Waals surface area (Å²) in [4.78, 5) is 0. The van der Waals surface area contributed by atoms with E-state index in [2.05, 4.69) is 19.2 Å². The average molecular weight is 319 g/mol. The minimum absolute atomic E-state index is 0.141. The molecule has 1 aromatic rings. The lowest BCUT2D eigenvalue weighted by Gasteiger charge is -2.60. The number of benzene rings is 1. The predicted octanol–water partition coefficient (Wildman–Crippen LogP) is 2.53. The van der Waals surface area contributed by atoms with E-state index in [9.17, 15) is 5.11 Å². The summed E-state index contributed by atoms with van der Waals surface area (Å²) in [6, 6.07) is 8.33. The van der Waals surface area contributed by atoms with Crippen LogP contribution in [-0.2, 0) is 4.74 Å². The normalized spacial score (nSPS) is 30.2. The van der Waals surface area contributed by atoms with Crippen molar-refractivity contribution in [3.8, 4) is 5.75 Å². The third kappa shape index (κ3) is 3.54. The molecule has 2 N–H and O–H groups in total. The van der Waals surface area contributed by atoms with E-state index in [1.165, 1.54) is 6.42 Å². The predicted molar refractivity (Wildman–Crippen MR) is 90.7 cm³/mol. The second-order valence-electron chi connectivity index (χ2n) is 7.59. The lowest BCUT2D eigenvalue weighted by atomic mass is 9.55. The Morgan fingerprint density at radius 1 is 1.43 bits per heavy atom. The monoisotopic (exact) mass is 319 g/mol. The van der Waals surface area contributed by atoms with Crippen LogP contribution in [0.3, 0.4) is 0 Å². The van der Waals surface area contributed by atoms with Gasteiger partial charge in [-0.05, 0) is 37.5 Å². The van der Waals surface area contributed by atoms with Crippen molar-refractivity contribution in [2.75, 3.05) is 19.8 Å². The van der Waals surface area contributed by atoms with Crippen molar-refractivity contribution in [2.24, 2.45) is 11.3 Å². The van der Waals surface area contributed by atoms with Gasteiger partial charge in [0.2, 0.25) is 0 Å². The molecule has 1 aliphatic carbocycles. The summed E-state index contributed by atoms with van der Waals surface area (Å²) in [7, 11) is 0. The summed E-state index contributed by atoms with van der Waals surface area (Å²) >= 11 is 0. The Morgan fingerprint density at radius 3 is 3.04 bits per heavy atom. The molecule has 1 saturated heterocycles. The Labute approximate surface area is 139 Å². The van der Waals surface area contributed by atoms with Crippen LogP contribution in [0.1, 0.15) is 32.3 Å². The molecule has 1 aromatic carbocycles. The van der Waals surface area contributed by atoms with Gasteiger partial charge in [0.25, 0.3) is 0 Å². The number of ether oxygens (including phenoxy) is 2. The number of rotatable bonds is 6. The van der Waals surface area contributed by atoms with Crippen molar-refractivity contribution in [3.05, 3.63) is 29.8 Å². The molecule has 4 unspecified atom stereocenters. The number of aliphatic hydroxyl groups is 1. The van der Waals surface area contributed by atoms with Gasteiger partial charge in [-0.3, -0.25) is 0 Å². The molecular weight excluding hydrogens is 290 g/mol. The van der Waals surface area contributed by atoms with Crippen molar-refractivity contribution in [1.29, 1.82) is 0 Å². The zero-order valence-electron chi connectivity index (χ0n) is 14.4. The van der Waals surface area contributed by atoms with Gasteiger partial charge in [-0.1, -0.05) is 26.0 Å². The molecule has 3 rings (SSSR count). The largest absolute Gasteiger partial charge is 0.491 e. The van der Waals surface area contributed by atoms with E-state index in [1.54, 1.807) is 0 Å². The van der Waals surface area contributed by atoms with Gasteiger partial charge in [-0.15, -0.1) is 0 Å². The molecule has 128 valence electrons. The first-order valence-electron chi connectivity index (χ1n) is 8.71. The lowest BCUT2D eigenvalue weighted by Crippen LogP contribution is -2.69. The molecule has 0 radical (unpaired) electrons. The highest BCUT2D eigenvalue weighted by atomic mass is 16.5.